The maximum absolute atomic E-state index is 13.2. The van der Waals surface area contributed by atoms with Gasteiger partial charge in [-0.3, -0.25) is 14.4 Å². The molecule has 0 aliphatic carbocycles. The second kappa shape index (κ2) is 12.2. The molecular weight excluding hydrogens is 751 g/mol. The smallest absolute Gasteiger partial charge is 0.254 e. The maximum atomic E-state index is 13.2. The van der Waals surface area contributed by atoms with Crippen LogP contribution in [0.1, 0.15) is 24.2 Å². The summed E-state index contributed by atoms with van der Waals surface area (Å²) in [6.07, 6.45) is 0. The van der Waals surface area contributed by atoms with E-state index in [-0.39, 0.29) is 30.5 Å². The number of aliphatic hydroxyl groups excluding tert-OH is 4. The Morgan fingerprint density at radius 2 is 1.35 bits per heavy atom. The molecule has 0 atom stereocenters. The Morgan fingerprint density at radius 1 is 0.871 bits per heavy atom. The molecule has 3 amide bonds. The van der Waals surface area contributed by atoms with Gasteiger partial charge < -0.3 is 35.5 Å². The SMILES string of the molecule is CC(=O)N(C)c1c(I)c(C(=O)NC(CO)(CO)CO)c(I)c(N(CCO)C(C)=O)c1I. The number of carbonyl (C=O) groups excluding carboxylic acids is 3. The highest BCUT2D eigenvalue weighted by Gasteiger charge is 2.35. The van der Waals surface area contributed by atoms with Gasteiger partial charge in [0.1, 0.15) is 5.54 Å². The lowest BCUT2D eigenvalue weighted by Gasteiger charge is -2.32. The molecule has 0 aliphatic heterocycles. The van der Waals surface area contributed by atoms with Gasteiger partial charge >= 0.3 is 0 Å². The van der Waals surface area contributed by atoms with E-state index in [1.807, 2.05) is 67.8 Å². The maximum Gasteiger partial charge on any atom is 0.254 e. The average Bonchev–Trinajstić information content (AvgIpc) is 2.71. The number of benzene rings is 1. The molecule has 5 N–H and O–H groups in total. The lowest BCUT2D eigenvalue weighted by Crippen LogP contribution is -2.57. The van der Waals surface area contributed by atoms with Gasteiger partial charge in [-0.05, 0) is 67.8 Å². The van der Waals surface area contributed by atoms with E-state index >= 15 is 0 Å². The van der Waals surface area contributed by atoms with Gasteiger partial charge in [0.2, 0.25) is 11.8 Å². The Morgan fingerprint density at radius 3 is 1.74 bits per heavy atom. The summed E-state index contributed by atoms with van der Waals surface area (Å²) in [5.41, 5.74) is -0.826. The van der Waals surface area contributed by atoms with Crippen molar-refractivity contribution in [2.75, 3.05) is 49.8 Å². The highest BCUT2D eigenvalue weighted by Crippen LogP contribution is 2.42. The van der Waals surface area contributed by atoms with Gasteiger partial charge in [-0.1, -0.05) is 0 Å². The quantitative estimate of drug-likeness (QED) is 0.226. The fourth-order valence-electron chi connectivity index (χ4n) is 2.62. The fourth-order valence-corrected chi connectivity index (χ4v) is 7.59. The molecule has 0 spiro atoms. The van der Waals surface area contributed by atoms with E-state index in [0.717, 1.165) is 0 Å². The van der Waals surface area contributed by atoms with Crippen LogP contribution in [-0.4, -0.2) is 83.7 Å². The van der Waals surface area contributed by atoms with Crippen LogP contribution < -0.4 is 15.1 Å². The zero-order valence-electron chi connectivity index (χ0n) is 17.1. The first kappa shape index (κ1) is 28.7. The van der Waals surface area contributed by atoms with Crippen LogP contribution in [0.2, 0.25) is 0 Å². The van der Waals surface area contributed by atoms with Crippen LogP contribution in [0.4, 0.5) is 11.4 Å². The highest BCUT2D eigenvalue weighted by atomic mass is 127. The third kappa shape index (κ3) is 6.17. The Kier molecular flexibility index (Phi) is 11.3. The standard InChI is InChI=1S/C18H24I3N3O7/c1-9(29)23(3)15-12(19)11(17(31)22-18(6-26,7-27)8-28)13(20)16(14(15)21)24(4-5-25)10(2)30/h25-28H,4-8H2,1-3H3,(H,22,31). The minimum Gasteiger partial charge on any atom is -0.395 e. The van der Waals surface area contributed by atoms with Crippen molar-refractivity contribution in [3.05, 3.63) is 16.3 Å². The van der Waals surface area contributed by atoms with Crippen LogP contribution >= 0.6 is 67.8 Å². The van der Waals surface area contributed by atoms with Crippen molar-refractivity contribution in [2.45, 2.75) is 19.4 Å². The lowest BCUT2D eigenvalue weighted by atomic mass is 10.0. The summed E-state index contributed by atoms with van der Waals surface area (Å²) >= 11 is 5.81. The molecule has 1 aromatic rings. The Bertz CT molecular complexity index is 854. The van der Waals surface area contributed by atoms with E-state index in [4.69, 9.17) is 0 Å². The minimum absolute atomic E-state index is 0.0277. The molecule has 1 rings (SSSR count). The molecule has 0 unspecified atom stereocenters. The van der Waals surface area contributed by atoms with Gasteiger partial charge in [-0.15, -0.1) is 0 Å². The topological polar surface area (TPSA) is 151 Å². The van der Waals surface area contributed by atoms with Crippen molar-refractivity contribution in [1.82, 2.24) is 5.32 Å². The van der Waals surface area contributed by atoms with Crippen molar-refractivity contribution in [3.63, 3.8) is 0 Å². The molecular formula is C18H24I3N3O7. The van der Waals surface area contributed by atoms with Crippen LogP contribution in [0, 0.1) is 10.7 Å². The molecule has 13 heteroatoms. The summed E-state index contributed by atoms with van der Waals surface area (Å²) in [4.78, 5) is 40.3. The van der Waals surface area contributed by atoms with Gasteiger partial charge in [0.15, 0.2) is 0 Å². The highest BCUT2D eigenvalue weighted by molar-refractivity contribution is 14.1. The number of carbonyl (C=O) groups is 3. The predicted octanol–water partition coefficient (Wildman–Crippen LogP) is 0.274. The number of anilines is 2. The van der Waals surface area contributed by atoms with Gasteiger partial charge in [-0.25, -0.2) is 0 Å². The summed E-state index contributed by atoms with van der Waals surface area (Å²) in [7, 11) is 1.53. The molecule has 0 aromatic heterocycles. The number of aliphatic hydroxyl groups is 4. The molecule has 0 bridgehead atoms. The molecule has 10 nitrogen and oxygen atoms in total. The molecule has 0 saturated heterocycles. The summed E-state index contributed by atoms with van der Waals surface area (Å²) < 4.78 is 1.30. The second-order valence-corrected chi connectivity index (χ2v) is 9.93. The number of halogens is 3. The summed E-state index contributed by atoms with van der Waals surface area (Å²) in [6, 6.07) is 0. The van der Waals surface area contributed by atoms with E-state index in [0.29, 0.717) is 22.1 Å². The first-order chi connectivity index (χ1) is 14.4. The van der Waals surface area contributed by atoms with Gasteiger partial charge in [0.25, 0.3) is 5.91 Å². The van der Waals surface area contributed by atoms with E-state index in [2.05, 4.69) is 5.32 Å². The molecule has 31 heavy (non-hydrogen) atoms. The fraction of sp³-hybridized carbons (Fsp3) is 0.500. The average molecular weight is 775 g/mol. The van der Waals surface area contributed by atoms with Crippen molar-refractivity contribution in [1.29, 1.82) is 0 Å². The van der Waals surface area contributed by atoms with Gasteiger partial charge in [0.05, 0.1) is 54.1 Å². The second-order valence-electron chi connectivity index (χ2n) is 6.70. The van der Waals surface area contributed by atoms with Crippen LogP contribution in [0.25, 0.3) is 0 Å². The molecule has 174 valence electrons. The third-order valence-electron chi connectivity index (χ3n) is 4.57. The molecule has 0 fully saturated rings. The van der Waals surface area contributed by atoms with E-state index in [1.54, 1.807) is 0 Å². The largest absolute Gasteiger partial charge is 0.395 e. The molecule has 0 saturated carbocycles. The summed E-state index contributed by atoms with van der Waals surface area (Å²) in [6.45, 7) is 0.206. The van der Waals surface area contributed by atoms with Crippen LogP contribution in [-0.2, 0) is 9.59 Å². The Hall–Kier alpha value is -0.340. The number of nitrogens with one attached hydrogen (secondary N) is 1. The summed E-state index contributed by atoms with van der Waals surface area (Å²) in [5, 5.41) is 40.7. The monoisotopic (exact) mass is 775 g/mol. The minimum atomic E-state index is -1.66. The van der Waals surface area contributed by atoms with E-state index in [9.17, 15) is 34.8 Å². The van der Waals surface area contributed by atoms with E-state index in [1.165, 1.54) is 30.7 Å². The van der Waals surface area contributed by atoms with Gasteiger partial charge in [-0.2, -0.15) is 0 Å². The van der Waals surface area contributed by atoms with Crippen LogP contribution in [0.5, 0.6) is 0 Å². The van der Waals surface area contributed by atoms with Crippen LogP contribution in [0.3, 0.4) is 0 Å². The predicted molar refractivity (Wildman–Crippen MR) is 140 cm³/mol. The van der Waals surface area contributed by atoms with Gasteiger partial charge in [0, 0.05) is 27.4 Å². The molecule has 0 radical (unpaired) electrons. The zero-order chi connectivity index (χ0) is 24.1. The van der Waals surface area contributed by atoms with E-state index < -0.39 is 31.3 Å². The number of amides is 3. The van der Waals surface area contributed by atoms with Crippen molar-refractivity contribution < 1.29 is 34.8 Å². The zero-order valence-corrected chi connectivity index (χ0v) is 23.5. The molecule has 1 aromatic carbocycles. The van der Waals surface area contributed by atoms with Crippen LogP contribution in [0.15, 0.2) is 0 Å². The normalized spacial score (nSPS) is 11.3. The number of nitrogens with zero attached hydrogens (tertiary/aromatic N) is 2. The first-order valence-corrected chi connectivity index (χ1v) is 12.1. The lowest BCUT2D eigenvalue weighted by molar-refractivity contribution is -0.117. The number of hydrogen-bond donors (Lipinski definition) is 5. The van der Waals surface area contributed by atoms with Crippen molar-refractivity contribution >= 4 is 96.9 Å². The molecule has 0 heterocycles. The first-order valence-electron chi connectivity index (χ1n) is 8.91. The number of hydrogen-bond acceptors (Lipinski definition) is 7. The van der Waals surface area contributed by atoms with Crippen molar-refractivity contribution in [3.8, 4) is 0 Å². The Balaban J connectivity index is 3.92. The Labute approximate surface area is 220 Å². The molecule has 0 aliphatic rings. The summed E-state index contributed by atoms with van der Waals surface area (Å²) in [5.74, 6) is -1.39. The number of rotatable bonds is 9. The van der Waals surface area contributed by atoms with Crippen molar-refractivity contribution in [2.24, 2.45) is 0 Å². The third-order valence-corrected chi connectivity index (χ3v) is 7.69.